The smallest absolute Gasteiger partial charge is 0.282 e. The van der Waals surface area contributed by atoms with E-state index in [0.717, 1.165) is 5.56 Å². The van der Waals surface area contributed by atoms with Crippen molar-refractivity contribution >= 4 is 22.9 Å². The third-order valence-corrected chi connectivity index (χ3v) is 5.97. The first-order valence-corrected chi connectivity index (χ1v) is 10.9. The Kier molecular flexibility index (Phi) is 6.65. The van der Waals surface area contributed by atoms with E-state index < -0.39 is 0 Å². The number of hydrogen-bond donors (Lipinski definition) is 0. The highest BCUT2D eigenvalue weighted by molar-refractivity contribution is 7.98. The van der Waals surface area contributed by atoms with Crippen molar-refractivity contribution in [1.29, 1.82) is 0 Å². The maximum Gasteiger partial charge on any atom is 0.282 e. The third-order valence-electron chi connectivity index (χ3n) is 4.95. The van der Waals surface area contributed by atoms with E-state index >= 15 is 0 Å². The molecule has 0 atom stereocenters. The quantitative estimate of drug-likeness (QED) is 0.297. The zero-order chi connectivity index (χ0) is 22.5. The van der Waals surface area contributed by atoms with Crippen molar-refractivity contribution in [3.63, 3.8) is 0 Å². The van der Waals surface area contributed by atoms with Gasteiger partial charge in [0, 0.05) is 24.7 Å². The number of methoxy groups -OCH3 is 2. The van der Waals surface area contributed by atoms with E-state index in [-0.39, 0.29) is 22.5 Å². The van der Waals surface area contributed by atoms with E-state index in [2.05, 4.69) is 15.0 Å². The number of hydrogen-bond acceptors (Lipinski definition) is 7. The van der Waals surface area contributed by atoms with Crippen LogP contribution in [0.1, 0.15) is 11.1 Å². The Hall–Kier alpha value is -3.46. The van der Waals surface area contributed by atoms with Gasteiger partial charge in [0.15, 0.2) is 27.8 Å². The minimum atomic E-state index is -0.292. The highest BCUT2D eigenvalue weighted by Gasteiger charge is 2.15. The number of benzene rings is 2. The number of ether oxygens (including phenoxy) is 2. The zero-order valence-electron chi connectivity index (χ0n) is 17.6. The van der Waals surface area contributed by atoms with Crippen LogP contribution in [0.25, 0.3) is 11.2 Å². The maximum absolute atomic E-state index is 14.1. The largest absolute Gasteiger partial charge is 0.493 e. The first-order valence-electron chi connectivity index (χ1n) is 9.89. The van der Waals surface area contributed by atoms with Crippen molar-refractivity contribution in [1.82, 2.24) is 19.5 Å². The van der Waals surface area contributed by atoms with Gasteiger partial charge in [0.1, 0.15) is 5.82 Å². The van der Waals surface area contributed by atoms with Crippen molar-refractivity contribution in [3.8, 4) is 11.5 Å². The fraction of sp³-hybridized carbons (Fsp3) is 0.217. The van der Waals surface area contributed by atoms with Crippen LogP contribution in [0.2, 0.25) is 0 Å². The second kappa shape index (κ2) is 9.78. The van der Waals surface area contributed by atoms with Gasteiger partial charge in [-0.2, -0.15) is 0 Å². The first-order chi connectivity index (χ1) is 15.6. The van der Waals surface area contributed by atoms with Crippen molar-refractivity contribution in [2.45, 2.75) is 23.9 Å². The second-order valence-electron chi connectivity index (χ2n) is 6.90. The third kappa shape index (κ3) is 4.57. The lowest BCUT2D eigenvalue weighted by Gasteiger charge is -2.14. The Balaban J connectivity index is 1.66. The number of nitrogens with zero attached hydrogens (tertiary/aromatic N) is 4. The minimum Gasteiger partial charge on any atom is -0.493 e. The van der Waals surface area contributed by atoms with Gasteiger partial charge in [-0.05, 0) is 35.7 Å². The van der Waals surface area contributed by atoms with Crippen molar-refractivity contribution in [2.75, 3.05) is 14.2 Å². The monoisotopic (exact) mass is 452 g/mol. The molecule has 0 saturated carbocycles. The first kappa shape index (κ1) is 21.8. The molecule has 0 bridgehead atoms. The van der Waals surface area contributed by atoms with Crippen LogP contribution in [0.3, 0.4) is 0 Å². The fourth-order valence-corrected chi connectivity index (χ4v) is 4.27. The minimum absolute atomic E-state index is 0.204. The van der Waals surface area contributed by atoms with E-state index in [1.54, 1.807) is 37.0 Å². The van der Waals surface area contributed by atoms with Gasteiger partial charge in [0.05, 0.1) is 14.2 Å². The molecule has 2 heterocycles. The molecule has 4 aromatic rings. The second-order valence-corrected chi connectivity index (χ2v) is 7.84. The van der Waals surface area contributed by atoms with Gasteiger partial charge in [0.25, 0.3) is 5.56 Å². The Morgan fingerprint density at radius 3 is 2.59 bits per heavy atom. The van der Waals surface area contributed by atoms with Crippen molar-refractivity contribution in [3.05, 3.63) is 82.2 Å². The SMILES string of the molecule is COc1ccc(CCn2c(SCc3ccccc3F)nc3nccnc3c2=O)cc1OC. The molecule has 9 heteroatoms. The molecule has 32 heavy (non-hydrogen) atoms. The molecule has 0 spiro atoms. The highest BCUT2D eigenvalue weighted by atomic mass is 32.2. The summed E-state index contributed by atoms with van der Waals surface area (Å²) in [4.78, 5) is 26.0. The topological polar surface area (TPSA) is 79.1 Å². The molecule has 0 saturated heterocycles. The van der Waals surface area contributed by atoms with Gasteiger partial charge in [-0.15, -0.1) is 0 Å². The lowest BCUT2D eigenvalue weighted by atomic mass is 10.1. The van der Waals surface area contributed by atoms with Gasteiger partial charge in [-0.1, -0.05) is 36.0 Å². The molecule has 2 aromatic heterocycles. The van der Waals surface area contributed by atoms with Crippen LogP contribution in [-0.4, -0.2) is 33.7 Å². The number of aromatic nitrogens is 4. The van der Waals surface area contributed by atoms with Crippen LogP contribution in [0.15, 0.2) is 64.8 Å². The van der Waals surface area contributed by atoms with Crippen molar-refractivity contribution in [2.24, 2.45) is 0 Å². The molecular weight excluding hydrogens is 431 g/mol. The summed E-state index contributed by atoms with van der Waals surface area (Å²) in [5.41, 5.74) is 1.71. The van der Waals surface area contributed by atoms with E-state index in [1.807, 2.05) is 18.2 Å². The molecule has 0 aliphatic rings. The number of fused-ring (bicyclic) bond motifs is 1. The van der Waals surface area contributed by atoms with Crippen LogP contribution in [0.4, 0.5) is 4.39 Å². The summed E-state index contributed by atoms with van der Waals surface area (Å²) in [5.74, 6) is 1.30. The Labute approximate surface area is 188 Å². The molecule has 164 valence electrons. The lowest BCUT2D eigenvalue weighted by molar-refractivity contribution is 0.354. The van der Waals surface area contributed by atoms with Crippen LogP contribution in [-0.2, 0) is 18.7 Å². The molecule has 0 fully saturated rings. The summed E-state index contributed by atoms with van der Waals surface area (Å²) in [6, 6.07) is 12.2. The van der Waals surface area contributed by atoms with Gasteiger partial charge in [-0.3, -0.25) is 9.36 Å². The van der Waals surface area contributed by atoms with E-state index in [1.165, 1.54) is 30.2 Å². The van der Waals surface area contributed by atoms with Crippen LogP contribution >= 0.6 is 11.8 Å². The van der Waals surface area contributed by atoms with Crippen LogP contribution in [0.5, 0.6) is 11.5 Å². The standard InChI is InChI=1S/C23H21FN4O3S/c1-30-18-8-7-15(13-19(18)31-2)9-12-28-22(29)20-21(26-11-10-25-20)27-23(28)32-14-16-5-3-4-6-17(16)24/h3-8,10-11,13H,9,12,14H2,1-2H3. The normalized spacial score (nSPS) is 11.0. The molecule has 0 aliphatic heterocycles. The fourth-order valence-electron chi connectivity index (χ4n) is 3.27. The van der Waals surface area contributed by atoms with Gasteiger partial charge in [0.2, 0.25) is 0 Å². The molecule has 0 unspecified atom stereocenters. The molecule has 0 N–H and O–H groups in total. The van der Waals surface area contributed by atoms with Crippen LogP contribution < -0.4 is 15.0 Å². The van der Waals surface area contributed by atoms with E-state index in [4.69, 9.17) is 9.47 Å². The Bertz CT molecular complexity index is 1310. The Morgan fingerprint density at radius 2 is 1.81 bits per heavy atom. The predicted molar refractivity (Wildman–Crippen MR) is 121 cm³/mol. The number of rotatable bonds is 8. The lowest BCUT2D eigenvalue weighted by Crippen LogP contribution is -2.25. The highest BCUT2D eigenvalue weighted by Crippen LogP contribution is 2.28. The van der Waals surface area contributed by atoms with E-state index in [0.29, 0.717) is 40.9 Å². The molecule has 0 aliphatic carbocycles. The summed E-state index contributed by atoms with van der Waals surface area (Å²) in [6.45, 7) is 0.368. The summed E-state index contributed by atoms with van der Waals surface area (Å²) in [7, 11) is 3.16. The number of thioether (sulfide) groups is 1. The van der Waals surface area contributed by atoms with E-state index in [9.17, 15) is 9.18 Å². The summed E-state index contributed by atoms with van der Waals surface area (Å²) >= 11 is 1.29. The summed E-state index contributed by atoms with van der Waals surface area (Å²) in [6.07, 6.45) is 3.52. The molecule has 0 amide bonds. The average Bonchev–Trinajstić information content (AvgIpc) is 2.83. The van der Waals surface area contributed by atoms with Crippen molar-refractivity contribution < 1.29 is 13.9 Å². The predicted octanol–water partition coefficient (Wildman–Crippen LogP) is 3.88. The molecule has 4 rings (SSSR count). The Morgan fingerprint density at radius 1 is 1.03 bits per heavy atom. The average molecular weight is 453 g/mol. The molecule has 0 radical (unpaired) electrons. The number of aryl methyl sites for hydroxylation is 1. The number of halogens is 1. The molecule has 7 nitrogen and oxygen atoms in total. The summed E-state index contributed by atoms with van der Waals surface area (Å²) in [5, 5.41) is 0.465. The van der Waals surface area contributed by atoms with Gasteiger partial charge >= 0.3 is 0 Å². The van der Waals surface area contributed by atoms with Gasteiger partial charge < -0.3 is 9.47 Å². The summed E-state index contributed by atoms with van der Waals surface area (Å²) < 4.78 is 26.3. The zero-order valence-corrected chi connectivity index (χ0v) is 18.4. The molecular formula is C23H21FN4O3S. The van der Waals surface area contributed by atoms with Gasteiger partial charge in [-0.25, -0.2) is 19.3 Å². The van der Waals surface area contributed by atoms with Crippen LogP contribution in [0, 0.1) is 5.82 Å². The maximum atomic E-state index is 14.1. The molecule has 2 aromatic carbocycles.